The van der Waals surface area contributed by atoms with E-state index in [4.69, 9.17) is 9.47 Å². The SMILES string of the molecule is CC(C)(C)c1cc(CCCCCCOC(=O)c2cccc(C(=O)OCCCCCCc3cc(C(C)(C)C)c(O)c(C(C)(C)C)c3)c2)cc(C(C)(C)C)c1O. The van der Waals surface area contributed by atoms with E-state index >= 15 is 0 Å². The van der Waals surface area contributed by atoms with Gasteiger partial charge in [0.25, 0.3) is 0 Å². The van der Waals surface area contributed by atoms with E-state index < -0.39 is 11.9 Å². The number of unbranched alkanes of at least 4 members (excludes halogenated alkanes) is 6. The van der Waals surface area contributed by atoms with E-state index in [9.17, 15) is 19.8 Å². The Morgan fingerprint density at radius 1 is 0.463 bits per heavy atom. The van der Waals surface area contributed by atoms with Gasteiger partial charge in [-0.3, -0.25) is 0 Å². The highest BCUT2D eigenvalue weighted by Crippen LogP contribution is 2.41. The lowest BCUT2D eigenvalue weighted by molar-refractivity contribution is 0.0496. The van der Waals surface area contributed by atoms with Crippen LogP contribution in [-0.4, -0.2) is 35.4 Å². The van der Waals surface area contributed by atoms with Crippen molar-refractivity contribution in [1.29, 1.82) is 0 Å². The Hall–Kier alpha value is -3.80. The minimum absolute atomic E-state index is 0.143. The maximum absolute atomic E-state index is 12.8. The molecule has 3 rings (SSSR count). The molecule has 0 aromatic heterocycles. The summed E-state index contributed by atoms with van der Waals surface area (Å²) in [6.45, 7) is 26.3. The van der Waals surface area contributed by atoms with Crippen LogP contribution in [0.4, 0.5) is 0 Å². The molecule has 6 heteroatoms. The predicted molar refractivity (Wildman–Crippen MR) is 222 cm³/mol. The summed E-state index contributed by atoms with van der Waals surface area (Å²) >= 11 is 0. The van der Waals surface area contributed by atoms with Crippen molar-refractivity contribution in [3.8, 4) is 11.5 Å². The van der Waals surface area contributed by atoms with Gasteiger partial charge in [0.1, 0.15) is 11.5 Å². The van der Waals surface area contributed by atoms with Crippen molar-refractivity contribution in [3.63, 3.8) is 0 Å². The maximum atomic E-state index is 12.8. The lowest BCUT2D eigenvalue weighted by Gasteiger charge is -2.28. The number of carbonyl (C=O) groups is 2. The number of carbonyl (C=O) groups excluding carboxylic acids is 2. The van der Waals surface area contributed by atoms with Crippen LogP contribution in [0.1, 0.15) is 189 Å². The summed E-state index contributed by atoms with van der Waals surface area (Å²) in [6.07, 6.45) is 9.39. The molecule has 0 saturated carbocycles. The van der Waals surface area contributed by atoms with E-state index in [1.54, 1.807) is 24.3 Å². The van der Waals surface area contributed by atoms with Crippen molar-refractivity contribution < 1.29 is 29.3 Å². The number of phenolic OH excluding ortho intramolecular Hbond substituents is 2. The molecule has 0 aliphatic carbocycles. The molecule has 0 saturated heterocycles. The Kier molecular flexibility index (Phi) is 15.4. The van der Waals surface area contributed by atoms with Gasteiger partial charge in [-0.1, -0.05) is 139 Å². The molecule has 0 aliphatic rings. The Morgan fingerprint density at radius 2 is 0.759 bits per heavy atom. The van der Waals surface area contributed by atoms with Crippen molar-refractivity contribution >= 4 is 11.9 Å². The van der Waals surface area contributed by atoms with Gasteiger partial charge < -0.3 is 19.7 Å². The molecule has 2 N–H and O–H groups in total. The Morgan fingerprint density at radius 3 is 1.06 bits per heavy atom. The Labute approximate surface area is 327 Å². The summed E-state index contributed by atoms with van der Waals surface area (Å²) in [4.78, 5) is 25.5. The summed E-state index contributed by atoms with van der Waals surface area (Å²) in [5, 5.41) is 22.0. The first-order valence-electron chi connectivity index (χ1n) is 20.2. The Balaban J connectivity index is 1.37. The van der Waals surface area contributed by atoms with Crippen molar-refractivity contribution in [2.24, 2.45) is 0 Å². The molecule has 0 atom stereocenters. The quantitative estimate of drug-likeness (QED) is 0.112. The third kappa shape index (κ3) is 13.2. The maximum Gasteiger partial charge on any atom is 0.338 e. The van der Waals surface area contributed by atoms with Gasteiger partial charge in [-0.25, -0.2) is 9.59 Å². The smallest absolute Gasteiger partial charge is 0.338 e. The van der Waals surface area contributed by atoms with E-state index in [0.717, 1.165) is 86.5 Å². The highest BCUT2D eigenvalue weighted by Gasteiger charge is 2.28. The molecule has 3 aromatic rings. The average molecular weight is 743 g/mol. The molecule has 0 heterocycles. The second-order valence-electron chi connectivity index (χ2n) is 19.3. The molecular formula is C48H70O6. The molecule has 3 aromatic carbocycles. The molecule has 0 fully saturated rings. The molecule has 6 nitrogen and oxygen atoms in total. The number of aromatic hydroxyl groups is 2. The monoisotopic (exact) mass is 743 g/mol. The third-order valence-electron chi connectivity index (χ3n) is 10.1. The summed E-state index contributed by atoms with van der Waals surface area (Å²) in [5.74, 6) is -0.0392. The zero-order chi connectivity index (χ0) is 40.5. The molecule has 0 bridgehead atoms. The number of esters is 2. The normalized spacial score (nSPS) is 12.5. The molecule has 0 aliphatic heterocycles. The number of ether oxygens (including phenoxy) is 2. The average Bonchev–Trinajstić information content (AvgIpc) is 3.06. The van der Waals surface area contributed by atoms with Gasteiger partial charge >= 0.3 is 11.9 Å². The van der Waals surface area contributed by atoms with Gasteiger partial charge in [0.2, 0.25) is 0 Å². The number of rotatable bonds is 16. The number of hydrogen-bond acceptors (Lipinski definition) is 6. The number of hydrogen-bond donors (Lipinski definition) is 2. The van der Waals surface area contributed by atoms with Crippen molar-refractivity contribution in [2.45, 2.75) is 169 Å². The van der Waals surface area contributed by atoms with Gasteiger partial charge in [0.05, 0.1) is 24.3 Å². The van der Waals surface area contributed by atoms with Crippen molar-refractivity contribution in [1.82, 2.24) is 0 Å². The summed E-state index contributed by atoms with van der Waals surface area (Å²) in [6, 6.07) is 15.2. The standard InChI is InChI=1S/C48H70O6/c1-45(2,3)37-28-33(29-38(41(37)49)46(4,5)6)22-17-13-15-19-26-53-43(51)35-24-21-25-36(32-35)44(52)54-27-20-16-14-18-23-34-30-39(47(7,8)9)42(50)40(31-34)48(10,11)12/h21,24-25,28-32,49-50H,13-20,22-23,26-27H2,1-12H3. The molecule has 0 spiro atoms. The van der Waals surface area contributed by atoms with E-state index in [0.29, 0.717) is 35.8 Å². The number of aryl methyl sites for hydroxylation is 2. The zero-order valence-electron chi connectivity index (χ0n) is 35.6. The lowest BCUT2D eigenvalue weighted by atomic mass is 9.78. The topological polar surface area (TPSA) is 93.1 Å². The first kappa shape index (κ1) is 44.6. The van der Waals surface area contributed by atoms with Crippen LogP contribution in [0.5, 0.6) is 11.5 Å². The van der Waals surface area contributed by atoms with Gasteiger partial charge in [0, 0.05) is 0 Å². The largest absolute Gasteiger partial charge is 0.507 e. The molecule has 298 valence electrons. The fourth-order valence-electron chi connectivity index (χ4n) is 6.80. The van der Waals surface area contributed by atoms with Gasteiger partial charge in [-0.05, 0) is 112 Å². The van der Waals surface area contributed by atoms with Crippen LogP contribution in [0.25, 0.3) is 0 Å². The van der Waals surface area contributed by atoms with Crippen LogP contribution in [0.15, 0.2) is 48.5 Å². The first-order valence-corrected chi connectivity index (χ1v) is 20.2. The minimum Gasteiger partial charge on any atom is -0.507 e. The van der Waals surface area contributed by atoms with Gasteiger partial charge in [-0.2, -0.15) is 0 Å². The molecule has 0 radical (unpaired) electrons. The second kappa shape index (κ2) is 18.7. The molecular weight excluding hydrogens is 673 g/mol. The summed E-state index contributed by atoms with van der Waals surface area (Å²) < 4.78 is 11.1. The fraction of sp³-hybridized carbons (Fsp3) is 0.583. The third-order valence-corrected chi connectivity index (χ3v) is 10.1. The summed E-state index contributed by atoms with van der Waals surface area (Å²) in [5.41, 5.74) is 6.59. The second-order valence-corrected chi connectivity index (χ2v) is 19.3. The van der Waals surface area contributed by atoms with Crippen molar-refractivity contribution in [3.05, 3.63) is 93.0 Å². The van der Waals surface area contributed by atoms with Crippen LogP contribution >= 0.6 is 0 Å². The molecule has 0 unspecified atom stereocenters. The predicted octanol–water partition coefficient (Wildman–Crippen LogP) is 12.2. The van der Waals surface area contributed by atoms with E-state index in [1.165, 1.54) is 11.1 Å². The zero-order valence-corrected chi connectivity index (χ0v) is 35.6. The molecule has 0 amide bonds. The van der Waals surface area contributed by atoms with E-state index in [1.807, 2.05) is 0 Å². The highest BCUT2D eigenvalue weighted by molar-refractivity contribution is 5.95. The fourth-order valence-corrected chi connectivity index (χ4v) is 6.80. The lowest BCUT2D eigenvalue weighted by Crippen LogP contribution is -2.18. The summed E-state index contributed by atoms with van der Waals surface area (Å²) in [7, 11) is 0. The highest BCUT2D eigenvalue weighted by atomic mass is 16.5. The van der Waals surface area contributed by atoms with Gasteiger partial charge in [-0.15, -0.1) is 0 Å². The number of phenols is 2. The van der Waals surface area contributed by atoms with Crippen LogP contribution in [-0.2, 0) is 44.0 Å². The van der Waals surface area contributed by atoms with Crippen LogP contribution in [0, 0.1) is 0 Å². The van der Waals surface area contributed by atoms with Gasteiger partial charge in [0.15, 0.2) is 0 Å². The number of benzene rings is 3. The van der Waals surface area contributed by atoms with Crippen LogP contribution < -0.4 is 0 Å². The van der Waals surface area contributed by atoms with Crippen LogP contribution in [0.2, 0.25) is 0 Å². The van der Waals surface area contributed by atoms with Crippen LogP contribution in [0.3, 0.4) is 0 Å². The molecule has 54 heavy (non-hydrogen) atoms. The van der Waals surface area contributed by atoms with Crippen molar-refractivity contribution in [2.75, 3.05) is 13.2 Å². The Bertz CT molecular complexity index is 1510. The first-order chi connectivity index (χ1) is 25.0. The van der Waals surface area contributed by atoms with E-state index in [-0.39, 0.29) is 21.7 Å². The van der Waals surface area contributed by atoms with E-state index in [2.05, 4.69) is 107 Å². The minimum atomic E-state index is -0.434.